The second-order valence-electron chi connectivity index (χ2n) is 5.88. The lowest BCUT2D eigenvalue weighted by molar-refractivity contribution is 0.295. The summed E-state index contributed by atoms with van der Waals surface area (Å²) in [6, 6.07) is 20.8. The Kier molecular flexibility index (Phi) is 5.88. The van der Waals surface area contributed by atoms with E-state index in [1.165, 1.54) is 11.1 Å². The molecule has 0 saturated heterocycles. The number of hydrogen-bond donors (Lipinski definition) is 0. The summed E-state index contributed by atoms with van der Waals surface area (Å²) in [4.78, 5) is 11.3. The highest BCUT2D eigenvalue weighted by Crippen LogP contribution is 2.43. The van der Waals surface area contributed by atoms with Crippen molar-refractivity contribution in [3.05, 3.63) is 76.7 Å². The molecule has 0 aliphatic carbocycles. The molecule has 116 valence electrons. The summed E-state index contributed by atoms with van der Waals surface area (Å²) in [5, 5.41) is 3.36. The Labute approximate surface area is 133 Å². The first-order chi connectivity index (χ1) is 10.8. The van der Waals surface area contributed by atoms with Crippen molar-refractivity contribution >= 4 is 0 Å². The highest BCUT2D eigenvalue weighted by Gasteiger charge is 2.41. The molecule has 22 heavy (non-hydrogen) atoms. The molecule has 1 unspecified atom stereocenters. The van der Waals surface area contributed by atoms with Gasteiger partial charge in [-0.1, -0.05) is 92.5 Å². The fraction of sp³-hybridized carbons (Fsp3) is 0.400. The molecule has 0 heterocycles. The van der Waals surface area contributed by atoms with E-state index >= 15 is 0 Å². The molecule has 2 rings (SSSR count). The summed E-state index contributed by atoms with van der Waals surface area (Å²) in [7, 11) is 0. The first kappa shape index (κ1) is 16.4. The van der Waals surface area contributed by atoms with Crippen LogP contribution in [0.25, 0.3) is 0 Å². The van der Waals surface area contributed by atoms with Gasteiger partial charge in [-0.25, -0.2) is 0 Å². The molecule has 0 bridgehead atoms. The SMILES string of the molecule is CCCC(CC)C(CN=O)(c1ccccc1)c1ccccc1. The fourth-order valence-electron chi connectivity index (χ4n) is 3.67. The molecule has 0 saturated carbocycles. The van der Waals surface area contributed by atoms with Crippen molar-refractivity contribution < 1.29 is 0 Å². The lowest BCUT2D eigenvalue weighted by Gasteiger charge is -2.40. The third-order valence-corrected chi connectivity index (χ3v) is 4.72. The second kappa shape index (κ2) is 7.88. The molecule has 0 radical (unpaired) electrons. The van der Waals surface area contributed by atoms with Gasteiger partial charge in [0.15, 0.2) is 0 Å². The van der Waals surface area contributed by atoms with E-state index < -0.39 is 0 Å². The van der Waals surface area contributed by atoms with Crippen LogP contribution >= 0.6 is 0 Å². The summed E-state index contributed by atoms with van der Waals surface area (Å²) < 4.78 is 0. The third kappa shape index (κ3) is 3.11. The van der Waals surface area contributed by atoms with Gasteiger partial charge in [0.05, 0.1) is 6.54 Å². The van der Waals surface area contributed by atoms with Gasteiger partial charge in [-0.2, -0.15) is 4.91 Å². The maximum absolute atomic E-state index is 11.3. The van der Waals surface area contributed by atoms with Crippen LogP contribution in [0.1, 0.15) is 44.2 Å². The van der Waals surface area contributed by atoms with Crippen LogP contribution in [-0.4, -0.2) is 6.54 Å². The number of nitrogens with zero attached hydrogens (tertiary/aromatic N) is 1. The average molecular weight is 295 g/mol. The number of nitroso groups, excluding NO2 is 1. The Morgan fingerprint density at radius 1 is 0.909 bits per heavy atom. The van der Waals surface area contributed by atoms with E-state index in [9.17, 15) is 4.91 Å². The third-order valence-electron chi connectivity index (χ3n) is 4.72. The molecule has 0 spiro atoms. The van der Waals surface area contributed by atoms with Gasteiger partial charge < -0.3 is 0 Å². The zero-order chi connectivity index (χ0) is 15.8. The maximum atomic E-state index is 11.3. The fourth-order valence-corrected chi connectivity index (χ4v) is 3.67. The Morgan fingerprint density at radius 2 is 1.41 bits per heavy atom. The smallest absolute Gasteiger partial charge is 0.0951 e. The minimum absolute atomic E-state index is 0.291. The van der Waals surface area contributed by atoms with E-state index in [1.54, 1.807) is 0 Å². The monoisotopic (exact) mass is 295 g/mol. The summed E-state index contributed by atoms with van der Waals surface area (Å²) in [6.45, 7) is 4.71. The lowest BCUT2D eigenvalue weighted by Crippen LogP contribution is -2.39. The minimum atomic E-state index is -0.324. The Balaban J connectivity index is 2.66. The van der Waals surface area contributed by atoms with E-state index in [4.69, 9.17) is 0 Å². The van der Waals surface area contributed by atoms with Gasteiger partial charge in [0.2, 0.25) is 0 Å². The first-order valence-corrected chi connectivity index (χ1v) is 8.19. The van der Waals surface area contributed by atoms with Gasteiger partial charge in [-0.05, 0) is 23.5 Å². The molecule has 2 heteroatoms. The van der Waals surface area contributed by atoms with Crippen molar-refractivity contribution in [1.82, 2.24) is 0 Å². The molecule has 0 aromatic heterocycles. The number of rotatable bonds is 8. The van der Waals surface area contributed by atoms with E-state index in [1.807, 2.05) is 12.1 Å². The van der Waals surface area contributed by atoms with Gasteiger partial charge in [-0.3, -0.25) is 0 Å². The van der Waals surface area contributed by atoms with Gasteiger partial charge >= 0.3 is 0 Å². The molecule has 0 aliphatic heterocycles. The minimum Gasteiger partial charge on any atom is -0.151 e. The summed E-state index contributed by atoms with van der Waals surface area (Å²) in [5.41, 5.74) is 2.07. The second-order valence-corrected chi connectivity index (χ2v) is 5.88. The van der Waals surface area contributed by atoms with Crippen LogP contribution in [-0.2, 0) is 5.41 Å². The molecule has 0 N–H and O–H groups in total. The van der Waals surface area contributed by atoms with Crippen LogP contribution in [0.3, 0.4) is 0 Å². The molecule has 1 atom stereocenters. The molecule has 2 nitrogen and oxygen atoms in total. The summed E-state index contributed by atoms with van der Waals surface area (Å²) >= 11 is 0. The quantitative estimate of drug-likeness (QED) is 0.586. The molecule has 2 aromatic rings. The maximum Gasteiger partial charge on any atom is 0.0951 e. The van der Waals surface area contributed by atoms with Crippen molar-refractivity contribution in [1.29, 1.82) is 0 Å². The van der Waals surface area contributed by atoms with Gasteiger partial charge in [0.25, 0.3) is 0 Å². The molecule has 0 aliphatic rings. The lowest BCUT2D eigenvalue weighted by atomic mass is 9.63. The van der Waals surface area contributed by atoms with Gasteiger partial charge in [0, 0.05) is 5.41 Å². The molecule has 0 fully saturated rings. The van der Waals surface area contributed by atoms with Crippen molar-refractivity contribution in [3.8, 4) is 0 Å². The topological polar surface area (TPSA) is 29.4 Å². The van der Waals surface area contributed by atoms with Gasteiger partial charge in [0.1, 0.15) is 0 Å². The van der Waals surface area contributed by atoms with Crippen LogP contribution in [0.4, 0.5) is 0 Å². The van der Waals surface area contributed by atoms with Crippen LogP contribution in [0.5, 0.6) is 0 Å². The summed E-state index contributed by atoms with van der Waals surface area (Å²) in [6.07, 6.45) is 3.24. The normalized spacial score (nSPS) is 12.8. The van der Waals surface area contributed by atoms with E-state index in [-0.39, 0.29) is 5.41 Å². The number of benzene rings is 2. The highest BCUT2D eigenvalue weighted by atomic mass is 16.3. The van der Waals surface area contributed by atoms with Crippen LogP contribution in [0.15, 0.2) is 65.8 Å². The molecule has 0 amide bonds. The zero-order valence-electron chi connectivity index (χ0n) is 13.5. The van der Waals surface area contributed by atoms with E-state index in [2.05, 4.69) is 67.6 Å². The predicted octanol–water partition coefficient (Wildman–Crippen LogP) is 5.57. The molecule has 2 aromatic carbocycles. The van der Waals surface area contributed by atoms with E-state index in [0.29, 0.717) is 12.5 Å². The van der Waals surface area contributed by atoms with Crippen LogP contribution in [0, 0.1) is 10.8 Å². The molecular formula is C20H25NO. The van der Waals surface area contributed by atoms with E-state index in [0.717, 1.165) is 19.3 Å². The predicted molar refractivity (Wildman–Crippen MR) is 93.0 cm³/mol. The highest BCUT2D eigenvalue weighted by molar-refractivity contribution is 5.41. The van der Waals surface area contributed by atoms with Crippen molar-refractivity contribution in [2.45, 2.75) is 38.5 Å². The Bertz CT molecular complexity index is 525. The Morgan fingerprint density at radius 3 is 1.77 bits per heavy atom. The van der Waals surface area contributed by atoms with Crippen LogP contribution < -0.4 is 0 Å². The van der Waals surface area contributed by atoms with Crippen LogP contribution in [0.2, 0.25) is 0 Å². The average Bonchev–Trinajstić information content (AvgIpc) is 2.59. The summed E-state index contributed by atoms with van der Waals surface area (Å²) in [5.74, 6) is 0.403. The van der Waals surface area contributed by atoms with Crippen molar-refractivity contribution in [3.63, 3.8) is 0 Å². The van der Waals surface area contributed by atoms with Crippen molar-refractivity contribution in [2.75, 3.05) is 6.54 Å². The van der Waals surface area contributed by atoms with Crippen molar-refractivity contribution in [2.24, 2.45) is 11.1 Å². The number of hydrogen-bond acceptors (Lipinski definition) is 2. The zero-order valence-corrected chi connectivity index (χ0v) is 13.5. The first-order valence-electron chi connectivity index (χ1n) is 8.19. The Hall–Kier alpha value is -1.96. The standard InChI is InChI=1S/C20H25NO/c1-3-11-17(4-2)20(16-21-22,18-12-7-5-8-13-18)19-14-9-6-10-15-19/h5-10,12-15,17H,3-4,11,16H2,1-2H3. The largest absolute Gasteiger partial charge is 0.151 e. The van der Waals surface area contributed by atoms with Gasteiger partial charge in [-0.15, -0.1) is 0 Å². The molecular weight excluding hydrogens is 270 g/mol.